The van der Waals surface area contributed by atoms with Crippen LogP contribution in [0.4, 0.5) is 17.1 Å². The third-order valence-corrected chi connectivity index (χ3v) is 9.91. The SMILES string of the molecule is c1ccc(-c2cc(-c3nc(-c4ccncc4)nc(-c4ccncc4)n3)cc(-c3ccccc3)c2N(c2ccccc2)c2cccc3oc4ccccc4c23)cc1. The summed E-state index contributed by atoms with van der Waals surface area (Å²) >= 11 is 0. The number of nitrogens with zero attached hydrogens (tertiary/aromatic N) is 6. The number of hydrogen-bond acceptors (Lipinski definition) is 7. The van der Waals surface area contributed by atoms with Crippen LogP contribution in [0.15, 0.2) is 199 Å². The Morgan fingerprint density at radius 1 is 0.393 bits per heavy atom. The molecule has 4 aromatic heterocycles. The Balaban J connectivity index is 1.32. The van der Waals surface area contributed by atoms with Crippen molar-refractivity contribution in [3.8, 4) is 56.4 Å². The first-order chi connectivity index (χ1) is 27.8. The highest BCUT2D eigenvalue weighted by Gasteiger charge is 2.27. The molecule has 0 amide bonds. The summed E-state index contributed by atoms with van der Waals surface area (Å²) in [5, 5.41) is 2.09. The maximum atomic E-state index is 6.46. The zero-order valence-corrected chi connectivity index (χ0v) is 30.1. The summed E-state index contributed by atoms with van der Waals surface area (Å²) in [5.74, 6) is 1.66. The number of anilines is 3. The van der Waals surface area contributed by atoms with E-state index < -0.39 is 0 Å². The number of hydrogen-bond donors (Lipinski definition) is 0. The molecule has 0 spiro atoms. The highest BCUT2D eigenvalue weighted by Crippen LogP contribution is 2.51. The predicted molar refractivity (Wildman–Crippen MR) is 225 cm³/mol. The van der Waals surface area contributed by atoms with E-state index in [0.29, 0.717) is 17.5 Å². The van der Waals surface area contributed by atoms with Crippen LogP contribution in [0.2, 0.25) is 0 Å². The molecule has 264 valence electrons. The topological polar surface area (TPSA) is 80.8 Å². The molecule has 0 bridgehead atoms. The van der Waals surface area contributed by atoms with Crippen molar-refractivity contribution in [3.63, 3.8) is 0 Å². The van der Waals surface area contributed by atoms with Gasteiger partial charge in [-0.2, -0.15) is 0 Å². The fourth-order valence-corrected chi connectivity index (χ4v) is 7.35. The summed E-state index contributed by atoms with van der Waals surface area (Å²) < 4.78 is 6.46. The molecule has 0 saturated heterocycles. The molecule has 6 aromatic carbocycles. The number of furan rings is 1. The zero-order valence-electron chi connectivity index (χ0n) is 30.1. The highest BCUT2D eigenvalue weighted by atomic mass is 16.3. The first-order valence-electron chi connectivity index (χ1n) is 18.4. The lowest BCUT2D eigenvalue weighted by Crippen LogP contribution is -2.13. The van der Waals surface area contributed by atoms with Crippen LogP contribution < -0.4 is 4.90 Å². The minimum atomic E-state index is 0.550. The Morgan fingerprint density at radius 2 is 0.875 bits per heavy atom. The largest absolute Gasteiger partial charge is 0.456 e. The van der Waals surface area contributed by atoms with E-state index in [1.807, 2.05) is 54.6 Å². The molecule has 0 radical (unpaired) electrons. The molecule has 10 aromatic rings. The minimum Gasteiger partial charge on any atom is -0.456 e. The lowest BCUT2D eigenvalue weighted by Gasteiger charge is -2.31. The Bertz CT molecular complexity index is 2840. The van der Waals surface area contributed by atoms with Crippen LogP contribution in [-0.4, -0.2) is 24.9 Å². The van der Waals surface area contributed by atoms with Crippen LogP contribution in [0.3, 0.4) is 0 Å². The number of pyridine rings is 2. The molecule has 0 aliphatic carbocycles. The first-order valence-corrected chi connectivity index (χ1v) is 18.4. The number of rotatable bonds is 8. The van der Waals surface area contributed by atoms with E-state index in [0.717, 1.165) is 77.9 Å². The number of benzene rings is 6. The van der Waals surface area contributed by atoms with E-state index >= 15 is 0 Å². The minimum absolute atomic E-state index is 0.550. The molecule has 0 aliphatic heterocycles. The van der Waals surface area contributed by atoms with Gasteiger partial charge in [0.05, 0.1) is 16.8 Å². The van der Waals surface area contributed by atoms with Gasteiger partial charge in [-0.1, -0.05) is 103 Å². The molecule has 10 rings (SSSR count). The predicted octanol–water partition coefficient (Wildman–Crippen LogP) is 12.4. The van der Waals surface area contributed by atoms with E-state index in [1.165, 1.54) is 0 Å². The Hall–Kier alpha value is -7.77. The molecule has 56 heavy (non-hydrogen) atoms. The van der Waals surface area contributed by atoms with Gasteiger partial charge in [-0.25, -0.2) is 15.0 Å². The molecule has 0 aliphatic rings. The Kier molecular flexibility index (Phi) is 8.35. The molecule has 7 heteroatoms. The molecule has 0 unspecified atom stereocenters. The van der Waals surface area contributed by atoms with Crippen LogP contribution in [-0.2, 0) is 0 Å². The van der Waals surface area contributed by atoms with E-state index in [9.17, 15) is 0 Å². The maximum absolute atomic E-state index is 6.46. The Morgan fingerprint density at radius 3 is 1.45 bits per heavy atom. The van der Waals surface area contributed by atoms with Crippen molar-refractivity contribution in [2.45, 2.75) is 0 Å². The lowest BCUT2D eigenvalue weighted by molar-refractivity contribution is 0.669. The van der Waals surface area contributed by atoms with E-state index in [4.69, 9.17) is 19.4 Å². The zero-order chi connectivity index (χ0) is 37.3. The van der Waals surface area contributed by atoms with Crippen molar-refractivity contribution in [2.24, 2.45) is 0 Å². The fraction of sp³-hybridized carbons (Fsp3) is 0. The molecule has 0 fully saturated rings. The monoisotopic (exact) mass is 720 g/mol. The van der Waals surface area contributed by atoms with Crippen LogP contribution in [0.25, 0.3) is 78.4 Å². The van der Waals surface area contributed by atoms with Crippen molar-refractivity contribution in [3.05, 3.63) is 195 Å². The molecular formula is C49H32N6O. The van der Waals surface area contributed by atoms with Gasteiger partial charge < -0.3 is 9.32 Å². The number of para-hydroxylation sites is 2. The average molecular weight is 721 g/mol. The maximum Gasteiger partial charge on any atom is 0.164 e. The van der Waals surface area contributed by atoms with Gasteiger partial charge in [-0.15, -0.1) is 0 Å². The van der Waals surface area contributed by atoms with Gasteiger partial charge in [-0.05, 0) is 77.9 Å². The number of fused-ring (bicyclic) bond motifs is 3. The van der Waals surface area contributed by atoms with Gasteiger partial charge in [0.25, 0.3) is 0 Å². The normalized spacial score (nSPS) is 11.2. The van der Waals surface area contributed by atoms with E-state index in [-0.39, 0.29) is 0 Å². The second-order valence-electron chi connectivity index (χ2n) is 13.3. The second-order valence-corrected chi connectivity index (χ2v) is 13.3. The van der Waals surface area contributed by atoms with Crippen LogP contribution in [0.5, 0.6) is 0 Å². The van der Waals surface area contributed by atoms with E-state index in [2.05, 4.69) is 130 Å². The van der Waals surface area contributed by atoms with Gasteiger partial charge in [-0.3, -0.25) is 9.97 Å². The molecule has 4 heterocycles. The smallest absolute Gasteiger partial charge is 0.164 e. The highest BCUT2D eigenvalue weighted by molar-refractivity contribution is 6.15. The van der Waals surface area contributed by atoms with Crippen molar-refractivity contribution in [1.29, 1.82) is 0 Å². The van der Waals surface area contributed by atoms with Crippen molar-refractivity contribution in [1.82, 2.24) is 24.9 Å². The van der Waals surface area contributed by atoms with Gasteiger partial charge in [0.2, 0.25) is 0 Å². The first kappa shape index (κ1) is 32.8. The number of aromatic nitrogens is 5. The third-order valence-electron chi connectivity index (χ3n) is 9.91. The lowest BCUT2D eigenvalue weighted by atomic mass is 9.91. The summed E-state index contributed by atoms with van der Waals surface area (Å²) in [7, 11) is 0. The molecule has 0 N–H and O–H groups in total. The summed E-state index contributed by atoms with van der Waals surface area (Å²) in [5.41, 5.74) is 11.3. The third kappa shape index (κ3) is 6.03. The quantitative estimate of drug-likeness (QED) is 0.155. The van der Waals surface area contributed by atoms with E-state index in [1.54, 1.807) is 24.8 Å². The Labute approximate surface area is 323 Å². The summed E-state index contributed by atoms with van der Waals surface area (Å²) in [6.07, 6.45) is 7.01. The van der Waals surface area contributed by atoms with Crippen molar-refractivity contribution in [2.75, 3.05) is 4.90 Å². The average Bonchev–Trinajstić information content (AvgIpc) is 3.67. The summed E-state index contributed by atoms with van der Waals surface area (Å²) in [6, 6.07) is 58.2. The fourth-order valence-electron chi connectivity index (χ4n) is 7.35. The molecule has 7 nitrogen and oxygen atoms in total. The molecule has 0 atom stereocenters. The van der Waals surface area contributed by atoms with Crippen LogP contribution >= 0.6 is 0 Å². The van der Waals surface area contributed by atoms with Gasteiger partial charge in [0.1, 0.15) is 11.2 Å². The standard InChI is InChI=1S/C49H32N6O/c1-4-13-33(14-5-1)40-31-37(49-53-47(35-23-27-50-28-24-35)52-48(54-49)36-25-29-51-30-26-36)32-41(34-15-6-2-7-16-34)46(40)55(38-17-8-3-9-18-38)42-20-12-22-44-45(42)39-19-10-11-21-43(39)56-44/h1-32H. The van der Waals surface area contributed by atoms with Gasteiger partial charge >= 0.3 is 0 Å². The molecular weight excluding hydrogens is 689 g/mol. The van der Waals surface area contributed by atoms with Crippen LogP contribution in [0.1, 0.15) is 0 Å². The van der Waals surface area contributed by atoms with Gasteiger partial charge in [0, 0.05) is 63.7 Å². The van der Waals surface area contributed by atoms with Crippen molar-refractivity contribution < 1.29 is 4.42 Å². The molecule has 0 saturated carbocycles. The summed E-state index contributed by atoms with van der Waals surface area (Å²) in [6.45, 7) is 0. The summed E-state index contributed by atoms with van der Waals surface area (Å²) in [4.78, 5) is 26.1. The van der Waals surface area contributed by atoms with Crippen molar-refractivity contribution >= 4 is 39.0 Å². The van der Waals surface area contributed by atoms with Gasteiger partial charge in [0.15, 0.2) is 17.5 Å². The van der Waals surface area contributed by atoms with Crippen LogP contribution in [0, 0.1) is 0 Å². The second kappa shape index (κ2) is 14.2.